The highest BCUT2D eigenvalue weighted by Gasteiger charge is 2.20. The molecule has 3 rings (SSSR count). The van der Waals surface area contributed by atoms with Crippen LogP contribution in [0.25, 0.3) is 16.5 Å². The summed E-state index contributed by atoms with van der Waals surface area (Å²) in [6, 6.07) is 14.0. The van der Waals surface area contributed by atoms with Crippen LogP contribution in [0.3, 0.4) is 0 Å². The number of nitrogens with zero attached hydrogens (tertiary/aromatic N) is 2. The number of halogens is 1. The highest BCUT2D eigenvalue weighted by Crippen LogP contribution is 2.17. The van der Waals surface area contributed by atoms with Crippen LogP contribution in [0.4, 0.5) is 4.39 Å². The normalized spacial score (nSPS) is 10.8. The zero-order chi connectivity index (χ0) is 17.3. The molecule has 122 valence electrons. The van der Waals surface area contributed by atoms with Crippen molar-refractivity contribution in [1.29, 1.82) is 0 Å². The monoisotopic (exact) mass is 326 g/mol. The number of hydroxylamine groups is 2. The van der Waals surface area contributed by atoms with Gasteiger partial charge in [0.15, 0.2) is 0 Å². The molecule has 0 aliphatic heterocycles. The van der Waals surface area contributed by atoms with Crippen LogP contribution < -0.4 is 5.56 Å². The molecule has 2 aromatic carbocycles. The van der Waals surface area contributed by atoms with E-state index in [1.165, 1.54) is 43.0 Å². The van der Waals surface area contributed by atoms with Crippen molar-refractivity contribution in [1.82, 2.24) is 9.63 Å². The molecule has 0 fully saturated rings. The molecule has 0 saturated carbocycles. The summed E-state index contributed by atoms with van der Waals surface area (Å²) in [5.74, 6) is -0.904. The molecule has 1 heterocycles. The SMILES string of the molecule is CON(C)C(=O)c1cc2ccccc2c(=O)n1-c1ccc(F)cc1. The second-order valence-electron chi connectivity index (χ2n) is 5.22. The van der Waals surface area contributed by atoms with E-state index in [0.717, 1.165) is 5.06 Å². The Bertz CT molecular complexity index is 964. The van der Waals surface area contributed by atoms with Crippen LogP contribution in [0.15, 0.2) is 59.4 Å². The van der Waals surface area contributed by atoms with E-state index in [-0.39, 0.29) is 11.3 Å². The maximum Gasteiger partial charge on any atom is 0.294 e. The second-order valence-corrected chi connectivity index (χ2v) is 5.22. The van der Waals surface area contributed by atoms with Crippen molar-refractivity contribution in [3.8, 4) is 5.69 Å². The molecule has 0 bridgehead atoms. The fourth-order valence-corrected chi connectivity index (χ4v) is 2.51. The van der Waals surface area contributed by atoms with Crippen LogP contribution in [0.1, 0.15) is 10.5 Å². The van der Waals surface area contributed by atoms with E-state index < -0.39 is 11.7 Å². The second kappa shape index (κ2) is 6.25. The van der Waals surface area contributed by atoms with Crippen molar-refractivity contribution >= 4 is 16.7 Å². The van der Waals surface area contributed by atoms with Crippen LogP contribution in [-0.2, 0) is 4.84 Å². The molecule has 0 aliphatic carbocycles. The Morgan fingerprint density at radius 1 is 1.12 bits per heavy atom. The van der Waals surface area contributed by atoms with Gasteiger partial charge in [0.25, 0.3) is 11.5 Å². The van der Waals surface area contributed by atoms with Crippen LogP contribution in [0, 0.1) is 5.82 Å². The van der Waals surface area contributed by atoms with Gasteiger partial charge in [0.05, 0.1) is 7.11 Å². The first kappa shape index (κ1) is 15.9. The lowest BCUT2D eigenvalue weighted by Gasteiger charge is -2.18. The summed E-state index contributed by atoms with van der Waals surface area (Å²) < 4.78 is 14.5. The molecule has 5 nitrogen and oxygen atoms in total. The van der Waals surface area contributed by atoms with Gasteiger partial charge < -0.3 is 0 Å². The summed E-state index contributed by atoms with van der Waals surface area (Å²) >= 11 is 0. The van der Waals surface area contributed by atoms with Gasteiger partial charge in [0, 0.05) is 18.1 Å². The zero-order valence-electron chi connectivity index (χ0n) is 13.2. The number of amides is 1. The number of pyridine rings is 1. The van der Waals surface area contributed by atoms with Crippen molar-refractivity contribution in [2.75, 3.05) is 14.2 Å². The molecule has 24 heavy (non-hydrogen) atoms. The minimum absolute atomic E-state index is 0.134. The molecule has 0 aliphatic rings. The third-order valence-electron chi connectivity index (χ3n) is 3.79. The Morgan fingerprint density at radius 2 is 1.79 bits per heavy atom. The van der Waals surface area contributed by atoms with Crippen LogP contribution in [0.5, 0.6) is 0 Å². The van der Waals surface area contributed by atoms with Crippen molar-refractivity contribution in [3.63, 3.8) is 0 Å². The van der Waals surface area contributed by atoms with E-state index in [9.17, 15) is 14.0 Å². The summed E-state index contributed by atoms with van der Waals surface area (Å²) in [6.07, 6.45) is 0. The fraction of sp³-hybridized carbons (Fsp3) is 0.111. The van der Waals surface area contributed by atoms with Gasteiger partial charge in [-0.2, -0.15) is 0 Å². The molecule has 0 N–H and O–H groups in total. The first-order valence-corrected chi connectivity index (χ1v) is 7.26. The highest BCUT2D eigenvalue weighted by molar-refractivity contribution is 5.96. The van der Waals surface area contributed by atoms with E-state index in [1.54, 1.807) is 30.3 Å². The predicted octanol–water partition coefficient (Wildman–Crippen LogP) is 2.76. The minimum Gasteiger partial charge on any atom is -0.274 e. The minimum atomic E-state index is -0.482. The van der Waals surface area contributed by atoms with E-state index in [0.29, 0.717) is 16.5 Å². The topological polar surface area (TPSA) is 51.5 Å². The molecule has 1 aromatic heterocycles. The van der Waals surface area contributed by atoms with Crippen molar-refractivity contribution in [2.24, 2.45) is 0 Å². The molecule has 0 atom stereocenters. The standard InChI is InChI=1S/C18H15FN2O3/c1-20(24-2)18(23)16-11-12-5-3-4-6-15(12)17(22)21(16)14-9-7-13(19)8-10-14/h3-11H,1-2H3. The van der Waals surface area contributed by atoms with Gasteiger partial charge in [0.2, 0.25) is 0 Å². The van der Waals surface area contributed by atoms with Gasteiger partial charge in [-0.3, -0.25) is 19.0 Å². The molecule has 6 heteroatoms. The fourth-order valence-electron chi connectivity index (χ4n) is 2.51. The average molecular weight is 326 g/mol. The summed E-state index contributed by atoms with van der Waals surface area (Å²) in [7, 11) is 2.82. The van der Waals surface area contributed by atoms with Gasteiger partial charge >= 0.3 is 0 Å². The van der Waals surface area contributed by atoms with Crippen molar-refractivity contribution in [2.45, 2.75) is 0 Å². The third kappa shape index (κ3) is 2.68. The third-order valence-corrected chi connectivity index (χ3v) is 3.79. The molecule has 0 unspecified atom stereocenters. The number of hydrogen-bond acceptors (Lipinski definition) is 3. The lowest BCUT2D eigenvalue weighted by Crippen LogP contribution is -2.32. The zero-order valence-corrected chi connectivity index (χ0v) is 13.2. The number of aromatic nitrogens is 1. The molecule has 3 aromatic rings. The van der Waals surface area contributed by atoms with Gasteiger partial charge in [0.1, 0.15) is 11.5 Å². The number of fused-ring (bicyclic) bond motifs is 1. The summed E-state index contributed by atoms with van der Waals surface area (Å²) in [5.41, 5.74) is 0.183. The average Bonchev–Trinajstić information content (AvgIpc) is 2.61. The lowest BCUT2D eigenvalue weighted by molar-refractivity contribution is -0.0762. The first-order chi connectivity index (χ1) is 11.5. The van der Waals surface area contributed by atoms with Crippen LogP contribution in [0.2, 0.25) is 0 Å². The van der Waals surface area contributed by atoms with E-state index in [4.69, 9.17) is 4.84 Å². The molecule has 1 amide bonds. The van der Waals surface area contributed by atoms with Gasteiger partial charge in [-0.05, 0) is 41.8 Å². The number of benzene rings is 2. The van der Waals surface area contributed by atoms with Gasteiger partial charge in [-0.1, -0.05) is 18.2 Å². The van der Waals surface area contributed by atoms with E-state index in [2.05, 4.69) is 0 Å². The number of hydrogen-bond donors (Lipinski definition) is 0. The number of rotatable bonds is 3. The van der Waals surface area contributed by atoms with Crippen LogP contribution >= 0.6 is 0 Å². The summed E-state index contributed by atoms with van der Waals surface area (Å²) in [5, 5.41) is 2.15. The Labute approximate surface area is 137 Å². The molecule has 0 spiro atoms. The van der Waals surface area contributed by atoms with Gasteiger partial charge in [-0.25, -0.2) is 9.45 Å². The summed E-state index contributed by atoms with van der Waals surface area (Å²) in [4.78, 5) is 30.4. The Kier molecular flexibility index (Phi) is 4.14. The number of carbonyl (C=O) groups is 1. The van der Waals surface area contributed by atoms with E-state index in [1.807, 2.05) is 0 Å². The first-order valence-electron chi connectivity index (χ1n) is 7.26. The molecule has 0 radical (unpaired) electrons. The van der Waals surface area contributed by atoms with Crippen LogP contribution in [-0.4, -0.2) is 29.7 Å². The Hall–Kier alpha value is -2.99. The van der Waals surface area contributed by atoms with Gasteiger partial charge in [-0.15, -0.1) is 0 Å². The predicted molar refractivity (Wildman–Crippen MR) is 88.6 cm³/mol. The molecular formula is C18H15FN2O3. The summed E-state index contributed by atoms with van der Waals surface area (Å²) in [6.45, 7) is 0. The van der Waals surface area contributed by atoms with Crippen molar-refractivity contribution in [3.05, 3.63) is 76.5 Å². The largest absolute Gasteiger partial charge is 0.294 e. The maximum absolute atomic E-state index is 13.2. The van der Waals surface area contributed by atoms with E-state index >= 15 is 0 Å². The maximum atomic E-state index is 13.2. The molecule has 0 saturated heterocycles. The smallest absolute Gasteiger partial charge is 0.274 e. The number of carbonyl (C=O) groups excluding carboxylic acids is 1. The lowest BCUT2D eigenvalue weighted by atomic mass is 10.1. The highest BCUT2D eigenvalue weighted by atomic mass is 19.1. The Morgan fingerprint density at radius 3 is 2.46 bits per heavy atom. The van der Waals surface area contributed by atoms with Crippen molar-refractivity contribution < 1.29 is 14.0 Å². The Balaban J connectivity index is 2.35. The molecular weight excluding hydrogens is 311 g/mol. The quantitative estimate of drug-likeness (QED) is 0.696.